The van der Waals surface area contributed by atoms with Gasteiger partial charge >= 0.3 is 0 Å². The third-order valence-electron chi connectivity index (χ3n) is 4.29. The Morgan fingerprint density at radius 1 is 1.04 bits per heavy atom. The van der Waals surface area contributed by atoms with E-state index in [0.29, 0.717) is 0 Å². The summed E-state index contributed by atoms with van der Waals surface area (Å²) in [7, 11) is 1.72. The van der Waals surface area contributed by atoms with Gasteiger partial charge in [0.1, 0.15) is 5.82 Å². The van der Waals surface area contributed by atoms with Crippen LogP contribution in [0.25, 0.3) is 0 Å². The van der Waals surface area contributed by atoms with Crippen molar-refractivity contribution in [3.05, 3.63) is 11.9 Å². The SMILES string of the molecule is Br.CCCCCCCCCCCCN1C=NC(NCCOC)=CC1. The number of nitrogens with one attached hydrogen (secondary N) is 1. The quantitative estimate of drug-likeness (QED) is 0.394. The molecule has 1 heterocycles. The topological polar surface area (TPSA) is 36.9 Å². The van der Waals surface area contributed by atoms with E-state index in [1.54, 1.807) is 7.11 Å². The average Bonchev–Trinajstić information content (AvgIpc) is 2.58. The number of unbranched alkanes of at least 4 members (excludes halogenated alkanes) is 9. The van der Waals surface area contributed by atoms with Crippen molar-refractivity contribution in [3.63, 3.8) is 0 Å². The van der Waals surface area contributed by atoms with Crippen molar-refractivity contribution in [3.8, 4) is 0 Å². The summed E-state index contributed by atoms with van der Waals surface area (Å²) in [6, 6.07) is 0. The standard InChI is InChI=1S/C19H37N3O.BrH/c1-3-4-5-6-7-8-9-10-11-12-15-22-16-13-19(21-18-22)20-14-17-23-2;/h13,18,20H,3-12,14-17H2,1-2H3;1H. The van der Waals surface area contributed by atoms with Crippen LogP contribution in [0.15, 0.2) is 16.9 Å². The lowest BCUT2D eigenvalue weighted by molar-refractivity contribution is 0.201. The molecular formula is C19H38BrN3O. The van der Waals surface area contributed by atoms with Crippen LogP contribution >= 0.6 is 17.0 Å². The third-order valence-corrected chi connectivity index (χ3v) is 4.29. The Kier molecular flexibility index (Phi) is 16.9. The molecular weight excluding hydrogens is 366 g/mol. The van der Waals surface area contributed by atoms with Gasteiger partial charge in [0.2, 0.25) is 0 Å². The molecule has 0 spiro atoms. The van der Waals surface area contributed by atoms with E-state index in [0.717, 1.165) is 32.1 Å². The van der Waals surface area contributed by atoms with Gasteiger partial charge in [-0.15, -0.1) is 17.0 Å². The van der Waals surface area contributed by atoms with Gasteiger partial charge in [-0.1, -0.05) is 64.7 Å². The normalized spacial score (nSPS) is 13.6. The first-order valence-electron chi connectivity index (χ1n) is 9.58. The molecule has 0 amide bonds. The van der Waals surface area contributed by atoms with Crippen molar-refractivity contribution in [2.24, 2.45) is 4.99 Å². The molecule has 0 fully saturated rings. The van der Waals surface area contributed by atoms with E-state index in [-0.39, 0.29) is 17.0 Å². The van der Waals surface area contributed by atoms with Crippen LogP contribution in [0.3, 0.4) is 0 Å². The Morgan fingerprint density at radius 2 is 1.67 bits per heavy atom. The maximum absolute atomic E-state index is 5.02. The smallest absolute Gasteiger partial charge is 0.125 e. The Hall–Kier alpha value is -0.550. The molecule has 0 saturated carbocycles. The highest BCUT2D eigenvalue weighted by atomic mass is 79.9. The number of hydrogen-bond acceptors (Lipinski definition) is 4. The molecule has 1 N–H and O–H groups in total. The second-order valence-corrected chi connectivity index (χ2v) is 6.43. The Morgan fingerprint density at radius 3 is 2.21 bits per heavy atom. The largest absolute Gasteiger partial charge is 0.383 e. The lowest BCUT2D eigenvalue weighted by Crippen LogP contribution is -2.29. The van der Waals surface area contributed by atoms with Gasteiger partial charge in [0.05, 0.1) is 12.9 Å². The monoisotopic (exact) mass is 403 g/mol. The van der Waals surface area contributed by atoms with Gasteiger partial charge in [-0.3, -0.25) is 0 Å². The number of ether oxygens (including phenoxy) is 1. The molecule has 0 bridgehead atoms. The van der Waals surface area contributed by atoms with Crippen LogP contribution in [0, 0.1) is 0 Å². The van der Waals surface area contributed by atoms with E-state index in [1.807, 2.05) is 6.34 Å². The first-order chi connectivity index (χ1) is 11.4. The average molecular weight is 404 g/mol. The first kappa shape index (κ1) is 23.4. The summed E-state index contributed by atoms with van der Waals surface area (Å²) in [4.78, 5) is 6.74. The second kappa shape index (κ2) is 17.3. The fourth-order valence-electron chi connectivity index (χ4n) is 2.80. The van der Waals surface area contributed by atoms with Gasteiger partial charge in [-0.05, 0) is 12.5 Å². The molecule has 0 radical (unpaired) electrons. The molecule has 1 rings (SSSR count). The maximum atomic E-state index is 5.02. The molecule has 0 unspecified atom stereocenters. The molecule has 5 heteroatoms. The highest BCUT2D eigenvalue weighted by Crippen LogP contribution is 2.11. The van der Waals surface area contributed by atoms with E-state index in [1.165, 1.54) is 64.2 Å². The summed E-state index contributed by atoms with van der Waals surface area (Å²) in [5, 5.41) is 3.26. The molecule has 0 aromatic carbocycles. The number of halogens is 1. The zero-order valence-corrected chi connectivity index (χ0v) is 17.5. The van der Waals surface area contributed by atoms with Crippen LogP contribution in [-0.2, 0) is 4.74 Å². The summed E-state index contributed by atoms with van der Waals surface area (Å²) in [5.41, 5.74) is 0. The minimum Gasteiger partial charge on any atom is -0.383 e. The maximum Gasteiger partial charge on any atom is 0.125 e. The van der Waals surface area contributed by atoms with Crippen molar-refractivity contribution in [2.45, 2.75) is 71.1 Å². The predicted octanol–water partition coefficient (Wildman–Crippen LogP) is 4.91. The molecule has 1 aliphatic heterocycles. The van der Waals surface area contributed by atoms with Crippen molar-refractivity contribution in [1.29, 1.82) is 0 Å². The van der Waals surface area contributed by atoms with Crippen molar-refractivity contribution >= 4 is 23.3 Å². The van der Waals surface area contributed by atoms with Crippen molar-refractivity contribution in [2.75, 3.05) is 33.4 Å². The van der Waals surface area contributed by atoms with Gasteiger partial charge in [-0.2, -0.15) is 0 Å². The molecule has 0 aromatic rings. The van der Waals surface area contributed by atoms with Crippen LogP contribution < -0.4 is 5.32 Å². The number of methoxy groups -OCH3 is 1. The lowest BCUT2D eigenvalue weighted by Gasteiger charge is -2.22. The molecule has 0 saturated heterocycles. The molecule has 0 atom stereocenters. The minimum absolute atomic E-state index is 0. The molecule has 142 valence electrons. The summed E-state index contributed by atoms with van der Waals surface area (Å²) in [5.74, 6) is 0.973. The molecule has 4 nitrogen and oxygen atoms in total. The lowest BCUT2D eigenvalue weighted by atomic mass is 10.1. The van der Waals surface area contributed by atoms with E-state index < -0.39 is 0 Å². The van der Waals surface area contributed by atoms with E-state index in [4.69, 9.17) is 4.74 Å². The molecule has 1 aliphatic rings. The highest BCUT2D eigenvalue weighted by molar-refractivity contribution is 8.93. The first-order valence-corrected chi connectivity index (χ1v) is 9.58. The van der Waals surface area contributed by atoms with Crippen LogP contribution in [-0.4, -0.2) is 44.6 Å². The second-order valence-electron chi connectivity index (χ2n) is 6.43. The summed E-state index contributed by atoms with van der Waals surface area (Å²) < 4.78 is 5.02. The molecule has 0 aromatic heterocycles. The van der Waals surface area contributed by atoms with E-state index >= 15 is 0 Å². The van der Waals surface area contributed by atoms with Gasteiger partial charge in [0, 0.05) is 26.7 Å². The zero-order valence-electron chi connectivity index (χ0n) is 15.8. The van der Waals surface area contributed by atoms with Crippen LogP contribution in [0.2, 0.25) is 0 Å². The number of aliphatic imine (C=N–C) groups is 1. The van der Waals surface area contributed by atoms with E-state index in [9.17, 15) is 0 Å². The Bertz CT molecular complexity index is 335. The Balaban J connectivity index is 0.00000529. The fraction of sp³-hybridized carbons (Fsp3) is 0.842. The molecule has 24 heavy (non-hydrogen) atoms. The number of nitrogens with zero attached hydrogens (tertiary/aromatic N) is 2. The van der Waals surface area contributed by atoms with Crippen molar-refractivity contribution < 1.29 is 4.74 Å². The number of hydrogen-bond donors (Lipinski definition) is 1. The summed E-state index contributed by atoms with van der Waals surface area (Å²) in [6.07, 6.45) is 18.0. The molecule has 0 aliphatic carbocycles. The van der Waals surface area contributed by atoms with Gasteiger partial charge in [-0.25, -0.2) is 4.99 Å². The minimum atomic E-state index is 0. The van der Waals surface area contributed by atoms with Gasteiger partial charge < -0.3 is 15.0 Å². The Labute approximate surface area is 159 Å². The predicted molar refractivity (Wildman–Crippen MR) is 110 cm³/mol. The van der Waals surface area contributed by atoms with E-state index in [2.05, 4.69) is 28.2 Å². The van der Waals surface area contributed by atoms with Gasteiger partial charge in [0.25, 0.3) is 0 Å². The third kappa shape index (κ3) is 12.8. The zero-order chi connectivity index (χ0) is 16.6. The van der Waals surface area contributed by atoms with Gasteiger partial charge in [0.15, 0.2) is 0 Å². The van der Waals surface area contributed by atoms with Crippen LogP contribution in [0.4, 0.5) is 0 Å². The fourth-order valence-corrected chi connectivity index (χ4v) is 2.80. The summed E-state index contributed by atoms with van der Waals surface area (Å²) >= 11 is 0. The van der Waals surface area contributed by atoms with Crippen LogP contribution in [0.1, 0.15) is 71.1 Å². The highest BCUT2D eigenvalue weighted by Gasteiger charge is 2.05. The number of rotatable bonds is 15. The summed E-state index contributed by atoms with van der Waals surface area (Å²) in [6.45, 7) is 5.91. The van der Waals surface area contributed by atoms with Crippen LogP contribution in [0.5, 0.6) is 0 Å². The van der Waals surface area contributed by atoms with Crippen molar-refractivity contribution in [1.82, 2.24) is 10.2 Å².